The summed E-state index contributed by atoms with van der Waals surface area (Å²) >= 11 is 0. The Morgan fingerprint density at radius 1 is 0.727 bits per heavy atom. The van der Waals surface area contributed by atoms with Crippen LogP contribution in [0.15, 0.2) is 25.3 Å². The van der Waals surface area contributed by atoms with E-state index in [1.165, 1.54) is 0 Å². The van der Waals surface area contributed by atoms with Gasteiger partial charge in [0, 0.05) is 35.2 Å². The summed E-state index contributed by atoms with van der Waals surface area (Å²) in [7, 11) is 0. The minimum absolute atomic E-state index is 0.356. The van der Waals surface area contributed by atoms with Crippen molar-refractivity contribution in [3.63, 3.8) is 0 Å². The number of piperidine rings is 2. The highest BCUT2D eigenvalue weighted by Gasteiger charge is 2.65. The fourth-order valence-corrected chi connectivity index (χ4v) is 7.65. The van der Waals surface area contributed by atoms with Crippen LogP contribution in [0, 0.1) is 17.3 Å². The highest BCUT2D eigenvalue weighted by molar-refractivity contribution is 5.99. The van der Waals surface area contributed by atoms with E-state index in [-0.39, 0.29) is 22.2 Å². The molecule has 2 fully saturated rings. The Kier molecular flexibility index (Phi) is 7.39. The van der Waals surface area contributed by atoms with Crippen molar-refractivity contribution in [2.75, 3.05) is 13.1 Å². The first-order valence-corrected chi connectivity index (χ1v) is 12.1. The van der Waals surface area contributed by atoms with Crippen LogP contribution < -0.4 is 0 Å². The smallest absolute Gasteiger partial charge is 0.321 e. The summed E-state index contributed by atoms with van der Waals surface area (Å²) in [5.41, 5.74) is -3.27. The van der Waals surface area contributed by atoms with Gasteiger partial charge in [-0.2, -0.15) is 0 Å². The second-order valence-corrected chi connectivity index (χ2v) is 12.7. The molecule has 2 N–H and O–H groups in total. The molecule has 0 bridgehead atoms. The maximum absolute atomic E-state index is 13.1. The van der Waals surface area contributed by atoms with Gasteiger partial charge in [-0.15, -0.1) is 13.2 Å². The molecule has 0 aromatic carbocycles. The van der Waals surface area contributed by atoms with Gasteiger partial charge in [0.2, 0.25) is 0 Å². The molecule has 0 spiro atoms. The molecule has 0 unspecified atom stereocenters. The molecule has 0 aromatic heterocycles. The number of carboxylic acids is 2. The maximum atomic E-state index is 13.1. The van der Waals surface area contributed by atoms with Gasteiger partial charge in [0.25, 0.3) is 0 Å². The third-order valence-corrected chi connectivity index (χ3v) is 8.53. The van der Waals surface area contributed by atoms with Gasteiger partial charge >= 0.3 is 11.9 Å². The van der Waals surface area contributed by atoms with Crippen molar-refractivity contribution in [2.45, 2.75) is 103 Å². The zero-order valence-corrected chi connectivity index (χ0v) is 22.1. The van der Waals surface area contributed by atoms with Gasteiger partial charge < -0.3 is 10.2 Å². The molecule has 2 aliphatic rings. The van der Waals surface area contributed by atoms with Crippen LogP contribution >= 0.6 is 0 Å². The van der Waals surface area contributed by atoms with Crippen molar-refractivity contribution in [3.05, 3.63) is 25.3 Å². The van der Waals surface area contributed by atoms with E-state index < -0.39 is 29.2 Å². The first kappa shape index (κ1) is 27.6. The topological polar surface area (TPSA) is 81.1 Å². The quantitative estimate of drug-likeness (QED) is 0.388. The van der Waals surface area contributed by atoms with Gasteiger partial charge in [-0.1, -0.05) is 12.2 Å². The van der Waals surface area contributed by atoms with Crippen molar-refractivity contribution in [1.82, 2.24) is 9.80 Å². The van der Waals surface area contributed by atoms with E-state index in [1.807, 2.05) is 12.2 Å². The van der Waals surface area contributed by atoms with E-state index in [2.05, 4.69) is 78.3 Å². The molecular weight excluding hydrogens is 416 g/mol. The van der Waals surface area contributed by atoms with Crippen LogP contribution in [-0.4, -0.2) is 67.2 Å². The minimum Gasteiger partial charge on any atom is -0.480 e. The summed E-state index contributed by atoms with van der Waals surface area (Å²) in [5, 5.41) is 21.4. The summed E-state index contributed by atoms with van der Waals surface area (Å²) in [6.45, 7) is 25.9. The largest absolute Gasteiger partial charge is 0.480 e. The third kappa shape index (κ3) is 4.66. The number of aliphatic carboxylic acids is 2. The second kappa shape index (κ2) is 8.84. The molecule has 0 atom stereocenters. The monoisotopic (exact) mass is 462 g/mol. The lowest BCUT2D eigenvalue weighted by atomic mass is 9.53. The number of nitrogens with zero attached hydrogens (tertiary/aromatic N) is 2. The second-order valence-electron chi connectivity index (χ2n) is 12.7. The van der Waals surface area contributed by atoms with Crippen LogP contribution in [-0.2, 0) is 9.59 Å². The van der Waals surface area contributed by atoms with Gasteiger partial charge in [0.15, 0.2) is 5.41 Å². The fraction of sp³-hybridized carbons (Fsp3) is 0.778. The van der Waals surface area contributed by atoms with Crippen molar-refractivity contribution < 1.29 is 19.8 Å². The predicted molar refractivity (Wildman–Crippen MR) is 133 cm³/mol. The molecule has 2 saturated heterocycles. The van der Waals surface area contributed by atoms with Crippen LogP contribution in [0.1, 0.15) is 81.1 Å². The van der Waals surface area contributed by atoms with Gasteiger partial charge in [0.1, 0.15) is 0 Å². The van der Waals surface area contributed by atoms with Crippen molar-refractivity contribution >= 4 is 11.9 Å². The highest BCUT2D eigenvalue weighted by atomic mass is 16.4. The number of rotatable bonds is 8. The normalized spacial score (nSPS) is 25.9. The summed E-state index contributed by atoms with van der Waals surface area (Å²) in [5.74, 6) is -3.36. The SMILES string of the molecule is C=CCN1C(C)(C)CC(C(C(=O)O)(C(=O)O)C2CC(C)(C)N(CC=C)C(C)(C)C2)CC1(C)C. The lowest BCUT2D eigenvalue weighted by Gasteiger charge is -2.61. The van der Waals surface area contributed by atoms with Crippen molar-refractivity contribution in [2.24, 2.45) is 17.3 Å². The molecule has 6 heteroatoms. The standard InChI is InChI=1S/C27H46N2O4/c1-11-13-28-23(3,4)15-19(16-24(28,5)6)27(21(30)31,22(32)33)20-17-25(7,8)29(14-12-2)26(9,10)18-20/h11-12,19-20H,1-2,13-18H2,3-10H3,(H,30,31)(H,32,33). The van der Waals surface area contributed by atoms with Gasteiger partial charge in [-0.25, -0.2) is 0 Å². The molecule has 0 radical (unpaired) electrons. The third-order valence-electron chi connectivity index (χ3n) is 8.53. The van der Waals surface area contributed by atoms with Crippen LogP contribution in [0.2, 0.25) is 0 Å². The Labute approximate surface area is 200 Å². The van der Waals surface area contributed by atoms with Crippen LogP contribution in [0.4, 0.5) is 0 Å². The number of hydrogen-bond donors (Lipinski definition) is 2. The minimum atomic E-state index is -1.84. The number of carbonyl (C=O) groups is 2. The Balaban J connectivity index is 2.64. The molecular formula is C27H46N2O4. The van der Waals surface area contributed by atoms with Crippen molar-refractivity contribution in [3.8, 4) is 0 Å². The van der Waals surface area contributed by atoms with Crippen LogP contribution in [0.3, 0.4) is 0 Å². The number of likely N-dealkylation sites (tertiary alicyclic amines) is 2. The molecule has 33 heavy (non-hydrogen) atoms. The van der Waals surface area contributed by atoms with E-state index in [9.17, 15) is 19.8 Å². The summed E-state index contributed by atoms with van der Waals surface area (Å²) in [6.07, 6.45) is 5.78. The first-order valence-electron chi connectivity index (χ1n) is 12.1. The Morgan fingerprint density at radius 2 is 0.970 bits per heavy atom. The molecule has 0 amide bonds. The van der Waals surface area contributed by atoms with Crippen LogP contribution in [0.25, 0.3) is 0 Å². The lowest BCUT2D eigenvalue weighted by Crippen LogP contribution is -2.68. The zero-order valence-electron chi connectivity index (χ0n) is 22.1. The van der Waals surface area contributed by atoms with E-state index >= 15 is 0 Å². The molecule has 2 rings (SSSR count). The van der Waals surface area contributed by atoms with Crippen molar-refractivity contribution in [1.29, 1.82) is 0 Å². The summed E-state index contributed by atoms with van der Waals surface area (Å²) < 4.78 is 0. The van der Waals surface area contributed by atoms with Gasteiger partial charge in [-0.3, -0.25) is 19.4 Å². The fourth-order valence-electron chi connectivity index (χ4n) is 7.65. The Morgan fingerprint density at radius 3 is 1.15 bits per heavy atom. The molecule has 2 aliphatic heterocycles. The molecule has 2 heterocycles. The average molecular weight is 463 g/mol. The first-order chi connectivity index (χ1) is 14.9. The lowest BCUT2D eigenvalue weighted by molar-refractivity contribution is -0.191. The summed E-state index contributed by atoms with van der Waals surface area (Å²) in [4.78, 5) is 30.8. The average Bonchev–Trinajstić information content (AvgIpc) is 2.60. The molecule has 188 valence electrons. The number of carboxylic acid groups (broad SMARTS) is 2. The van der Waals surface area contributed by atoms with E-state index in [1.54, 1.807) is 0 Å². The molecule has 0 aliphatic carbocycles. The maximum Gasteiger partial charge on any atom is 0.321 e. The molecule has 0 aromatic rings. The zero-order chi connectivity index (χ0) is 25.6. The molecule has 6 nitrogen and oxygen atoms in total. The Hall–Kier alpha value is -1.66. The van der Waals surface area contributed by atoms with E-state index in [0.29, 0.717) is 38.8 Å². The Bertz CT molecular complexity index is 694. The van der Waals surface area contributed by atoms with Crippen LogP contribution in [0.5, 0.6) is 0 Å². The van der Waals surface area contributed by atoms with E-state index in [4.69, 9.17) is 0 Å². The number of hydrogen-bond acceptors (Lipinski definition) is 4. The summed E-state index contributed by atoms with van der Waals surface area (Å²) in [6, 6.07) is 0. The van der Waals surface area contributed by atoms with Gasteiger partial charge in [-0.05, 0) is 92.9 Å². The van der Waals surface area contributed by atoms with E-state index in [0.717, 1.165) is 0 Å². The molecule has 0 saturated carbocycles. The highest BCUT2D eigenvalue weighted by Crippen LogP contribution is 2.56. The van der Waals surface area contributed by atoms with Gasteiger partial charge in [0.05, 0.1) is 0 Å². The predicted octanol–water partition coefficient (Wildman–Crippen LogP) is 5.05.